The second-order valence-corrected chi connectivity index (χ2v) is 8.50. The Kier molecular flexibility index (Phi) is 5.63. The maximum atomic E-state index is 10.3. The first-order chi connectivity index (χ1) is 15.6. The number of piperidine rings is 1. The number of aliphatic hydroxyl groups excluding tert-OH is 1. The van der Waals surface area contributed by atoms with Crippen molar-refractivity contribution in [3.63, 3.8) is 0 Å². The first kappa shape index (κ1) is 20.7. The molecule has 2 aliphatic rings. The Hall–Kier alpha value is -3.23. The third-order valence-electron chi connectivity index (χ3n) is 6.30. The summed E-state index contributed by atoms with van der Waals surface area (Å²) in [7, 11) is 0. The molecule has 0 spiro atoms. The van der Waals surface area contributed by atoms with Crippen LogP contribution in [0.5, 0.6) is 5.75 Å². The Bertz CT molecular complexity index is 1110. The van der Waals surface area contributed by atoms with Crippen molar-refractivity contribution in [2.24, 2.45) is 5.73 Å². The molecule has 2 aromatic carbocycles. The lowest BCUT2D eigenvalue weighted by Crippen LogP contribution is -2.44. The molecule has 4 N–H and O–H groups in total. The van der Waals surface area contributed by atoms with Crippen molar-refractivity contribution in [2.75, 3.05) is 36.0 Å². The lowest BCUT2D eigenvalue weighted by Gasteiger charge is -2.37. The van der Waals surface area contributed by atoms with Gasteiger partial charge in [-0.2, -0.15) is 15.0 Å². The zero-order chi connectivity index (χ0) is 22.1. The van der Waals surface area contributed by atoms with E-state index in [1.165, 1.54) is 5.56 Å². The Balaban J connectivity index is 1.59. The molecule has 0 saturated carbocycles. The number of benzene rings is 2. The molecule has 1 aromatic heterocycles. The molecule has 8 nitrogen and oxygen atoms in total. The summed E-state index contributed by atoms with van der Waals surface area (Å²) in [5.74, 6) is 1.77. The fourth-order valence-electron chi connectivity index (χ4n) is 4.68. The highest BCUT2D eigenvalue weighted by molar-refractivity contribution is 5.61. The van der Waals surface area contributed by atoms with E-state index < -0.39 is 0 Å². The minimum atomic E-state index is -0.226. The highest BCUT2D eigenvalue weighted by atomic mass is 16.3. The number of aromatic hydroxyl groups is 1. The van der Waals surface area contributed by atoms with Gasteiger partial charge in [-0.1, -0.05) is 36.4 Å². The van der Waals surface area contributed by atoms with Gasteiger partial charge in [-0.3, -0.25) is 0 Å². The summed E-state index contributed by atoms with van der Waals surface area (Å²) in [4.78, 5) is 18.5. The quantitative estimate of drug-likeness (QED) is 0.576. The molecule has 32 heavy (non-hydrogen) atoms. The Labute approximate surface area is 187 Å². The molecule has 1 saturated heterocycles. The first-order valence-electron chi connectivity index (χ1n) is 11.1. The average molecular weight is 433 g/mol. The number of nitrogens with zero attached hydrogens (tertiary/aromatic N) is 5. The van der Waals surface area contributed by atoms with Gasteiger partial charge < -0.3 is 25.7 Å². The van der Waals surface area contributed by atoms with Gasteiger partial charge in [0.15, 0.2) is 5.82 Å². The maximum Gasteiger partial charge on any atom is 0.231 e. The van der Waals surface area contributed by atoms with Gasteiger partial charge in [0.2, 0.25) is 11.9 Å². The molecule has 8 heteroatoms. The van der Waals surface area contributed by atoms with E-state index in [1.54, 1.807) is 18.2 Å². The van der Waals surface area contributed by atoms with Gasteiger partial charge in [0.1, 0.15) is 5.75 Å². The summed E-state index contributed by atoms with van der Waals surface area (Å²) in [6.07, 6.45) is 2.83. The molecular formula is C24H28N6O2. The molecule has 1 fully saturated rings. The van der Waals surface area contributed by atoms with Crippen LogP contribution in [0.15, 0.2) is 48.5 Å². The monoisotopic (exact) mass is 432 g/mol. The molecular weight excluding hydrogens is 404 g/mol. The Morgan fingerprint density at radius 2 is 1.84 bits per heavy atom. The molecule has 2 aliphatic heterocycles. The smallest absolute Gasteiger partial charge is 0.231 e. The average Bonchev–Trinajstić information content (AvgIpc) is 2.83. The van der Waals surface area contributed by atoms with Crippen LogP contribution >= 0.6 is 0 Å². The number of phenolic OH excluding ortho intramolecular Hbond substituents is 1. The summed E-state index contributed by atoms with van der Waals surface area (Å²) in [5.41, 5.74) is 9.28. The second kappa shape index (κ2) is 8.72. The largest absolute Gasteiger partial charge is 0.508 e. The molecule has 0 bridgehead atoms. The van der Waals surface area contributed by atoms with E-state index in [4.69, 9.17) is 20.7 Å². The van der Waals surface area contributed by atoms with Crippen LogP contribution in [-0.2, 0) is 6.42 Å². The topological polar surface area (TPSA) is 112 Å². The molecule has 5 rings (SSSR count). The zero-order valence-electron chi connectivity index (χ0n) is 17.9. The number of hydrogen-bond acceptors (Lipinski definition) is 8. The standard InChI is InChI=1S/C24H28N6O2/c25-18-7-4-11-29(14-18)23-26-22(17-6-3-8-19(32)13-17)27-24(28-23)30-12-10-16-5-1-2-9-20(16)21(30)15-31/h1-3,5-6,8-9,13,18,21,31-32H,4,7,10-12,14-15,25H2/t18?,21-/m0/s1. The van der Waals surface area contributed by atoms with E-state index in [1.807, 2.05) is 18.2 Å². The van der Waals surface area contributed by atoms with Crippen LogP contribution in [0.2, 0.25) is 0 Å². The fraction of sp³-hybridized carbons (Fsp3) is 0.375. The van der Waals surface area contributed by atoms with Gasteiger partial charge in [0.25, 0.3) is 0 Å². The third kappa shape index (κ3) is 3.99. The highest BCUT2D eigenvalue weighted by Crippen LogP contribution is 2.33. The summed E-state index contributed by atoms with van der Waals surface area (Å²) >= 11 is 0. The first-order valence-corrected chi connectivity index (χ1v) is 11.1. The third-order valence-corrected chi connectivity index (χ3v) is 6.30. The molecule has 0 aliphatic carbocycles. The van der Waals surface area contributed by atoms with Gasteiger partial charge in [-0.15, -0.1) is 0 Å². The number of phenols is 1. The van der Waals surface area contributed by atoms with E-state index >= 15 is 0 Å². The number of aliphatic hydroxyl groups is 1. The van der Waals surface area contributed by atoms with E-state index in [0.717, 1.165) is 31.4 Å². The van der Waals surface area contributed by atoms with Gasteiger partial charge >= 0.3 is 0 Å². The Morgan fingerprint density at radius 1 is 1.00 bits per heavy atom. The lowest BCUT2D eigenvalue weighted by atomic mass is 9.93. The summed E-state index contributed by atoms with van der Waals surface area (Å²) in [5, 5.41) is 20.3. The van der Waals surface area contributed by atoms with Crippen LogP contribution in [0.4, 0.5) is 11.9 Å². The van der Waals surface area contributed by atoms with Gasteiger partial charge in [0.05, 0.1) is 12.6 Å². The van der Waals surface area contributed by atoms with Crippen LogP contribution in [0.1, 0.15) is 30.0 Å². The number of rotatable bonds is 4. The summed E-state index contributed by atoms with van der Waals surface area (Å²) in [6, 6.07) is 15.0. The fourth-order valence-corrected chi connectivity index (χ4v) is 4.68. The van der Waals surface area contributed by atoms with Crippen LogP contribution in [0, 0.1) is 0 Å². The molecule has 3 heterocycles. The molecule has 3 aromatic rings. The van der Waals surface area contributed by atoms with E-state index in [9.17, 15) is 10.2 Å². The lowest BCUT2D eigenvalue weighted by molar-refractivity contribution is 0.256. The van der Waals surface area contributed by atoms with E-state index in [-0.39, 0.29) is 24.4 Å². The summed E-state index contributed by atoms with van der Waals surface area (Å²) < 4.78 is 0. The minimum Gasteiger partial charge on any atom is -0.508 e. The van der Waals surface area contributed by atoms with Crippen molar-refractivity contribution < 1.29 is 10.2 Å². The maximum absolute atomic E-state index is 10.3. The normalized spacial score (nSPS) is 20.8. The number of hydrogen-bond donors (Lipinski definition) is 3. The van der Waals surface area contributed by atoms with Crippen molar-refractivity contribution >= 4 is 11.9 Å². The number of nitrogens with two attached hydrogens (primary N) is 1. The van der Waals surface area contributed by atoms with Crippen molar-refractivity contribution in [3.8, 4) is 17.1 Å². The number of aromatic nitrogens is 3. The zero-order valence-corrected chi connectivity index (χ0v) is 17.9. The predicted octanol–water partition coefficient (Wildman–Crippen LogP) is 2.27. The van der Waals surface area contributed by atoms with E-state index in [0.29, 0.717) is 36.4 Å². The highest BCUT2D eigenvalue weighted by Gasteiger charge is 2.30. The predicted molar refractivity (Wildman–Crippen MR) is 124 cm³/mol. The number of anilines is 2. The molecule has 0 amide bonds. The molecule has 1 unspecified atom stereocenters. The molecule has 0 radical (unpaired) electrons. The van der Waals surface area contributed by atoms with Crippen molar-refractivity contribution in [1.82, 2.24) is 15.0 Å². The van der Waals surface area contributed by atoms with Gasteiger partial charge in [-0.05, 0) is 42.5 Å². The Morgan fingerprint density at radius 3 is 2.66 bits per heavy atom. The molecule has 2 atom stereocenters. The van der Waals surface area contributed by atoms with Crippen molar-refractivity contribution in [3.05, 3.63) is 59.7 Å². The number of fused-ring (bicyclic) bond motifs is 1. The van der Waals surface area contributed by atoms with Crippen LogP contribution in [0.25, 0.3) is 11.4 Å². The van der Waals surface area contributed by atoms with Gasteiger partial charge in [0, 0.05) is 31.2 Å². The SMILES string of the molecule is NC1CCCN(c2nc(-c3cccc(O)c3)nc(N3CCc4ccccc4[C@@H]3CO)n2)C1. The van der Waals surface area contributed by atoms with Crippen LogP contribution in [0.3, 0.4) is 0 Å². The van der Waals surface area contributed by atoms with Crippen LogP contribution in [-0.4, -0.2) is 57.4 Å². The molecule has 166 valence electrons. The summed E-state index contributed by atoms with van der Waals surface area (Å²) in [6.45, 7) is 2.19. The second-order valence-electron chi connectivity index (χ2n) is 8.50. The minimum absolute atomic E-state index is 0.0337. The van der Waals surface area contributed by atoms with Crippen molar-refractivity contribution in [2.45, 2.75) is 31.3 Å². The van der Waals surface area contributed by atoms with Gasteiger partial charge in [-0.25, -0.2) is 0 Å². The van der Waals surface area contributed by atoms with Crippen molar-refractivity contribution in [1.29, 1.82) is 0 Å². The van der Waals surface area contributed by atoms with E-state index in [2.05, 4.69) is 21.9 Å². The van der Waals surface area contributed by atoms with Crippen LogP contribution < -0.4 is 15.5 Å².